The molecule has 0 unspecified atom stereocenters. The summed E-state index contributed by atoms with van der Waals surface area (Å²) >= 11 is 0. The van der Waals surface area contributed by atoms with Gasteiger partial charge in [0.2, 0.25) is 0 Å². The number of rotatable bonds is 6. The average molecular weight is 1070 g/mol. The Bertz CT molecular complexity index is 4640. The third-order valence-corrected chi connectivity index (χ3v) is 19.7. The molecule has 0 spiro atoms. The molecule has 12 aromatic rings. The zero-order chi connectivity index (χ0) is 56.4. The van der Waals surface area contributed by atoms with Crippen LogP contribution in [0.25, 0.3) is 88.0 Å². The highest BCUT2D eigenvalue weighted by Gasteiger charge is 2.40. The van der Waals surface area contributed by atoms with E-state index in [-0.39, 0.29) is 21.7 Å². The van der Waals surface area contributed by atoms with Crippen LogP contribution in [0.5, 0.6) is 0 Å². The molecule has 0 saturated carbocycles. The van der Waals surface area contributed by atoms with Crippen molar-refractivity contribution in [3.05, 3.63) is 209 Å². The first-order chi connectivity index (χ1) is 39.3. The molecule has 3 heterocycles. The van der Waals surface area contributed by atoms with Crippen molar-refractivity contribution < 1.29 is 8.83 Å². The first kappa shape index (κ1) is 50.7. The highest BCUT2D eigenvalue weighted by Crippen LogP contribution is 2.52. The van der Waals surface area contributed by atoms with Crippen LogP contribution in [-0.2, 0) is 21.7 Å². The number of furan rings is 2. The molecule has 0 saturated heterocycles. The Morgan fingerprint density at radius 1 is 0.427 bits per heavy atom. The molecule has 2 aromatic heterocycles. The molecule has 1 aliphatic heterocycles. The molecule has 403 valence electrons. The van der Waals surface area contributed by atoms with Crippen molar-refractivity contribution in [1.82, 2.24) is 0 Å². The van der Waals surface area contributed by atoms with Crippen LogP contribution < -0.4 is 21.1 Å². The minimum Gasteiger partial charge on any atom is -0.456 e. The van der Waals surface area contributed by atoms with Gasteiger partial charge in [0.05, 0.1) is 5.69 Å². The molecule has 5 heteroatoms. The maximum absolute atomic E-state index is 7.12. The van der Waals surface area contributed by atoms with Gasteiger partial charge in [-0.25, -0.2) is 0 Å². The summed E-state index contributed by atoms with van der Waals surface area (Å²) in [4.78, 5) is 2.50. The average Bonchev–Trinajstić information content (AvgIpc) is 2.87. The zero-order valence-corrected chi connectivity index (χ0v) is 49.3. The van der Waals surface area contributed by atoms with E-state index in [4.69, 9.17) is 8.83 Å². The number of benzene rings is 10. The van der Waals surface area contributed by atoms with E-state index in [0.29, 0.717) is 0 Å². The van der Waals surface area contributed by atoms with Crippen molar-refractivity contribution in [2.45, 2.75) is 124 Å². The molecule has 2 aliphatic carbocycles. The highest BCUT2D eigenvalue weighted by atomic mass is 16.3. The van der Waals surface area contributed by atoms with Gasteiger partial charge in [0.25, 0.3) is 0 Å². The fraction of sp³-hybridized carbons (Fsp3) is 0.247. The largest absolute Gasteiger partial charge is 0.456 e. The van der Waals surface area contributed by atoms with E-state index < -0.39 is 0 Å². The third kappa shape index (κ3) is 7.93. The SMILES string of the molecule is Cc1cc(C)c(-c2cc(-c3ccc4ccccc4c3Nc3ccc(-c4ccccc4)cc3)c3c(c2)N(c2ccc4c(c2)oc2cc5c(cc24)C(C)(C)CCC5(C)C)c2cc4oc5cc6c(cc5c4cc2[B]3)C(C)(C)CCC6(C)C)c(C)c1. The lowest BCUT2D eigenvalue weighted by atomic mass is 9.57. The lowest BCUT2D eigenvalue weighted by molar-refractivity contribution is 0.332. The monoisotopic (exact) mass is 1070 g/mol. The van der Waals surface area contributed by atoms with Crippen LogP contribution in [0.2, 0.25) is 0 Å². The summed E-state index contributed by atoms with van der Waals surface area (Å²) in [5.41, 5.74) is 27.9. The molecule has 3 aliphatic rings. The molecule has 1 N–H and O–H groups in total. The smallest absolute Gasteiger partial charge is 0.197 e. The third-order valence-electron chi connectivity index (χ3n) is 19.7. The second-order valence-corrected chi connectivity index (χ2v) is 27.1. The topological polar surface area (TPSA) is 41.5 Å². The molecule has 1 radical (unpaired) electrons. The van der Waals surface area contributed by atoms with Crippen molar-refractivity contribution in [2.75, 3.05) is 10.2 Å². The fourth-order valence-electron chi connectivity index (χ4n) is 14.9. The van der Waals surface area contributed by atoms with E-state index in [0.717, 1.165) is 120 Å². The number of anilines is 5. The van der Waals surface area contributed by atoms with Gasteiger partial charge in [0.15, 0.2) is 7.28 Å². The minimum atomic E-state index is 0.0505. The summed E-state index contributed by atoms with van der Waals surface area (Å²) in [6.45, 7) is 26.0. The summed E-state index contributed by atoms with van der Waals surface area (Å²) in [7, 11) is 2.46. The van der Waals surface area contributed by atoms with Gasteiger partial charge in [-0.1, -0.05) is 163 Å². The van der Waals surface area contributed by atoms with Gasteiger partial charge in [-0.05, 0) is 201 Å². The van der Waals surface area contributed by atoms with Crippen LogP contribution in [0.15, 0.2) is 179 Å². The predicted octanol–water partition coefficient (Wildman–Crippen LogP) is 20.4. The van der Waals surface area contributed by atoms with Crippen LogP contribution in [0.3, 0.4) is 0 Å². The molecule has 0 fully saturated rings. The standard InChI is InChI=1S/C77H70BN2O2/c1-44-33-45(2)71(46(3)34-44)50-35-59(55-27-23-49-19-15-16-20-53(49)73(55)79-51-24-21-48(22-25-51)47-17-13-12-14-18-47)72-66(36-50)80(52-26-28-54-56-38-60-62(41-68(56)81-67(54)37-52)76(8,9)31-29-74(60,4)5)65-43-70-58(40-64(65)78-72)57-39-61-63(42-69(57)82-70)77(10,11)32-30-75(61,6)7/h12-28,33-43,79H,29-32H2,1-11H3. The van der Waals surface area contributed by atoms with Crippen LogP contribution >= 0.6 is 0 Å². The lowest BCUT2D eigenvalue weighted by Crippen LogP contribution is -2.41. The Morgan fingerprint density at radius 3 is 1.62 bits per heavy atom. The maximum atomic E-state index is 7.12. The van der Waals surface area contributed by atoms with Gasteiger partial charge in [-0.15, -0.1) is 0 Å². The van der Waals surface area contributed by atoms with Crippen molar-refractivity contribution in [3.8, 4) is 33.4 Å². The second kappa shape index (κ2) is 17.9. The van der Waals surface area contributed by atoms with Crippen molar-refractivity contribution in [3.63, 3.8) is 0 Å². The van der Waals surface area contributed by atoms with Crippen molar-refractivity contribution in [1.29, 1.82) is 0 Å². The Balaban J connectivity index is 0.999. The second-order valence-electron chi connectivity index (χ2n) is 27.1. The minimum absolute atomic E-state index is 0.0505. The number of fused-ring (bicyclic) bond motifs is 11. The Labute approximate surface area is 483 Å². The zero-order valence-electron chi connectivity index (χ0n) is 49.3. The van der Waals surface area contributed by atoms with Crippen LogP contribution in [-0.4, -0.2) is 7.28 Å². The molecular weight excluding hydrogens is 996 g/mol. The Hall–Kier alpha value is -8.28. The van der Waals surface area contributed by atoms with E-state index in [1.807, 2.05) is 0 Å². The van der Waals surface area contributed by atoms with Crippen LogP contribution in [0, 0.1) is 20.8 Å². The van der Waals surface area contributed by atoms with E-state index in [9.17, 15) is 0 Å². The Kier molecular flexibility index (Phi) is 11.0. The lowest BCUT2D eigenvalue weighted by Gasteiger charge is -2.41. The fourth-order valence-corrected chi connectivity index (χ4v) is 14.9. The number of nitrogens with one attached hydrogen (secondary N) is 1. The van der Waals surface area contributed by atoms with Gasteiger partial charge in [0.1, 0.15) is 22.3 Å². The van der Waals surface area contributed by atoms with Crippen LogP contribution in [0.1, 0.15) is 120 Å². The molecular formula is C77H70BN2O2. The van der Waals surface area contributed by atoms with E-state index >= 15 is 0 Å². The van der Waals surface area contributed by atoms with E-state index in [1.54, 1.807) is 0 Å². The summed E-state index contributed by atoms with van der Waals surface area (Å²) in [5, 5.41) is 11.0. The van der Waals surface area contributed by atoms with Gasteiger partial charge in [0, 0.05) is 67.4 Å². The molecule has 10 aromatic carbocycles. The number of nitrogens with zero attached hydrogens (tertiary/aromatic N) is 1. The number of aryl methyl sites for hydroxylation is 3. The maximum Gasteiger partial charge on any atom is 0.197 e. The summed E-state index contributed by atoms with van der Waals surface area (Å²) in [6.07, 6.45) is 4.59. The number of hydrogen-bond acceptors (Lipinski definition) is 4. The molecule has 0 amide bonds. The van der Waals surface area contributed by atoms with Gasteiger partial charge in [-0.3, -0.25) is 0 Å². The van der Waals surface area contributed by atoms with Gasteiger partial charge in [-0.2, -0.15) is 0 Å². The normalized spacial score (nSPS) is 16.5. The first-order valence-electron chi connectivity index (χ1n) is 29.7. The Morgan fingerprint density at radius 2 is 0.976 bits per heavy atom. The summed E-state index contributed by atoms with van der Waals surface area (Å²) in [5.74, 6) is 0. The molecule has 15 rings (SSSR count). The van der Waals surface area contributed by atoms with E-state index in [2.05, 4.69) is 264 Å². The van der Waals surface area contributed by atoms with E-state index in [1.165, 1.54) is 71.8 Å². The molecule has 0 bridgehead atoms. The summed E-state index contributed by atoms with van der Waals surface area (Å²) < 4.78 is 14.2. The predicted molar refractivity (Wildman–Crippen MR) is 349 cm³/mol. The molecule has 4 nitrogen and oxygen atoms in total. The van der Waals surface area contributed by atoms with Gasteiger partial charge < -0.3 is 19.1 Å². The van der Waals surface area contributed by atoms with Gasteiger partial charge >= 0.3 is 0 Å². The highest BCUT2D eigenvalue weighted by molar-refractivity contribution is 6.73. The first-order valence-corrected chi connectivity index (χ1v) is 29.7. The summed E-state index contributed by atoms with van der Waals surface area (Å²) in [6, 6.07) is 63.8. The van der Waals surface area contributed by atoms with Crippen LogP contribution in [0.4, 0.5) is 28.4 Å². The van der Waals surface area contributed by atoms with Crippen molar-refractivity contribution in [2.24, 2.45) is 0 Å². The number of hydrogen-bond donors (Lipinski definition) is 1. The van der Waals surface area contributed by atoms with Crippen molar-refractivity contribution >= 4 is 101 Å². The molecule has 82 heavy (non-hydrogen) atoms. The quantitative estimate of drug-likeness (QED) is 0.169. The molecule has 0 atom stereocenters.